The Bertz CT molecular complexity index is 425. The van der Waals surface area contributed by atoms with Gasteiger partial charge in [-0.3, -0.25) is 4.79 Å². The lowest BCUT2D eigenvalue weighted by Gasteiger charge is -2.18. The van der Waals surface area contributed by atoms with Gasteiger partial charge in [0.05, 0.1) is 20.3 Å². The zero-order valence-corrected chi connectivity index (χ0v) is 11.0. The topological polar surface area (TPSA) is 70.0 Å². The molecule has 1 aromatic carbocycles. The first-order valence-corrected chi connectivity index (χ1v) is 6.04. The Morgan fingerprint density at radius 3 is 2.58 bits per heavy atom. The van der Waals surface area contributed by atoms with Gasteiger partial charge in [-0.15, -0.1) is 0 Å². The summed E-state index contributed by atoms with van der Waals surface area (Å²) in [5.41, 5.74) is 0.848. The third-order valence-electron chi connectivity index (χ3n) is 2.56. The van der Waals surface area contributed by atoms with Crippen LogP contribution in [0.25, 0.3) is 6.08 Å². The lowest BCUT2D eigenvalue weighted by atomic mass is 10.2. The minimum atomic E-state index is -0.245. The van der Waals surface area contributed by atoms with Gasteiger partial charge in [0.25, 0.3) is 0 Å². The van der Waals surface area contributed by atoms with Gasteiger partial charge in [-0.2, -0.15) is 0 Å². The summed E-state index contributed by atoms with van der Waals surface area (Å²) in [6.45, 7) is 0.168. The van der Waals surface area contributed by atoms with E-state index in [1.807, 2.05) is 24.3 Å². The fourth-order valence-electron chi connectivity index (χ4n) is 1.59. The molecule has 104 valence electrons. The lowest BCUT2D eigenvalue weighted by Crippen LogP contribution is -2.34. The fourth-order valence-corrected chi connectivity index (χ4v) is 1.59. The Kier molecular flexibility index (Phi) is 6.63. The van der Waals surface area contributed by atoms with Gasteiger partial charge in [-0.05, 0) is 23.8 Å². The van der Waals surface area contributed by atoms with E-state index < -0.39 is 0 Å². The maximum Gasteiger partial charge on any atom is 0.246 e. The van der Waals surface area contributed by atoms with Crippen molar-refractivity contribution in [3.8, 4) is 5.75 Å². The summed E-state index contributed by atoms with van der Waals surface area (Å²) in [7, 11) is 1.58. The first kappa shape index (κ1) is 15.2. The number of carbonyl (C=O) groups is 1. The average Bonchev–Trinajstić information content (AvgIpc) is 2.44. The molecule has 0 bridgehead atoms. The van der Waals surface area contributed by atoms with E-state index in [4.69, 9.17) is 14.9 Å². The van der Waals surface area contributed by atoms with Gasteiger partial charge in [-0.25, -0.2) is 0 Å². The van der Waals surface area contributed by atoms with Gasteiger partial charge in [-0.1, -0.05) is 12.1 Å². The summed E-state index contributed by atoms with van der Waals surface area (Å²) in [5, 5.41) is 17.7. The van der Waals surface area contributed by atoms with Crippen LogP contribution in [0.2, 0.25) is 0 Å². The summed E-state index contributed by atoms with van der Waals surface area (Å²) in [4.78, 5) is 13.2. The smallest absolute Gasteiger partial charge is 0.246 e. The molecule has 0 aromatic heterocycles. The number of amides is 1. The van der Waals surface area contributed by atoms with Crippen LogP contribution in [-0.4, -0.2) is 54.4 Å². The Balaban J connectivity index is 2.70. The van der Waals surface area contributed by atoms with E-state index in [-0.39, 0.29) is 32.2 Å². The molecule has 5 heteroatoms. The molecule has 1 amide bonds. The van der Waals surface area contributed by atoms with Crippen molar-refractivity contribution in [1.29, 1.82) is 0 Å². The van der Waals surface area contributed by atoms with E-state index in [1.54, 1.807) is 13.2 Å². The molecule has 0 fully saturated rings. The average molecular weight is 265 g/mol. The van der Waals surface area contributed by atoms with E-state index in [0.29, 0.717) is 0 Å². The van der Waals surface area contributed by atoms with E-state index in [1.165, 1.54) is 11.0 Å². The number of carbonyl (C=O) groups excluding carboxylic acids is 1. The van der Waals surface area contributed by atoms with Crippen molar-refractivity contribution in [3.63, 3.8) is 0 Å². The van der Waals surface area contributed by atoms with Crippen molar-refractivity contribution >= 4 is 12.0 Å². The first-order valence-electron chi connectivity index (χ1n) is 6.04. The minimum Gasteiger partial charge on any atom is -0.497 e. The van der Waals surface area contributed by atoms with Crippen LogP contribution in [0.5, 0.6) is 5.75 Å². The monoisotopic (exact) mass is 265 g/mol. The van der Waals surface area contributed by atoms with Gasteiger partial charge in [0, 0.05) is 19.2 Å². The second-order valence-corrected chi connectivity index (χ2v) is 3.88. The van der Waals surface area contributed by atoms with Crippen molar-refractivity contribution in [3.05, 3.63) is 35.9 Å². The molecule has 0 unspecified atom stereocenters. The van der Waals surface area contributed by atoms with Crippen molar-refractivity contribution in [2.24, 2.45) is 0 Å². The predicted octanol–water partition coefficient (Wildman–Crippen LogP) is 0.522. The molecular weight excluding hydrogens is 246 g/mol. The molecule has 1 rings (SSSR count). The number of hydrogen-bond donors (Lipinski definition) is 2. The molecule has 0 radical (unpaired) electrons. The zero-order valence-electron chi connectivity index (χ0n) is 11.0. The predicted molar refractivity (Wildman–Crippen MR) is 72.8 cm³/mol. The van der Waals surface area contributed by atoms with E-state index in [2.05, 4.69) is 0 Å². The van der Waals surface area contributed by atoms with Crippen molar-refractivity contribution in [2.45, 2.75) is 0 Å². The third kappa shape index (κ3) is 5.11. The molecule has 0 saturated carbocycles. The highest BCUT2D eigenvalue weighted by Gasteiger charge is 2.08. The molecule has 1 aromatic rings. The minimum absolute atomic E-state index is 0.126. The van der Waals surface area contributed by atoms with E-state index in [9.17, 15) is 4.79 Å². The van der Waals surface area contributed by atoms with Crippen molar-refractivity contribution in [1.82, 2.24) is 4.90 Å². The van der Waals surface area contributed by atoms with Crippen LogP contribution in [0.3, 0.4) is 0 Å². The number of benzene rings is 1. The van der Waals surface area contributed by atoms with Crippen LogP contribution in [0, 0.1) is 0 Å². The number of nitrogens with zero attached hydrogens (tertiary/aromatic N) is 1. The second-order valence-electron chi connectivity index (χ2n) is 3.88. The van der Waals surface area contributed by atoms with Gasteiger partial charge in [0.1, 0.15) is 5.75 Å². The maximum atomic E-state index is 11.8. The summed E-state index contributed by atoms with van der Waals surface area (Å²) in [6, 6.07) is 7.33. The fraction of sp³-hybridized carbons (Fsp3) is 0.357. The quantitative estimate of drug-likeness (QED) is 0.705. The van der Waals surface area contributed by atoms with Gasteiger partial charge >= 0.3 is 0 Å². The number of rotatable bonds is 7. The van der Waals surface area contributed by atoms with Gasteiger partial charge in [0.2, 0.25) is 5.91 Å². The van der Waals surface area contributed by atoms with Crippen molar-refractivity contribution in [2.75, 3.05) is 33.4 Å². The van der Waals surface area contributed by atoms with Crippen LogP contribution in [0.1, 0.15) is 5.56 Å². The normalized spacial score (nSPS) is 10.7. The second kappa shape index (κ2) is 8.29. The van der Waals surface area contributed by atoms with Gasteiger partial charge < -0.3 is 19.8 Å². The summed E-state index contributed by atoms with van der Waals surface area (Å²) in [6.07, 6.45) is 3.09. The third-order valence-corrected chi connectivity index (χ3v) is 2.56. The van der Waals surface area contributed by atoms with Gasteiger partial charge in [0.15, 0.2) is 0 Å². The molecule has 2 N–H and O–H groups in total. The Labute approximate surface area is 112 Å². The van der Waals surface area contributed by atoms with E-state index in [0.717, 1.165) is 11.3 Å². The number of hydrogen-bond acceptors (Lipinski definition) is 4. The van der Waals surface area contributed by atoms with Crippen LogP contribution < -0.4 is 4.74 Å². The summed E-state index contributed by atoms with van der Waals surface area (Å²) >= 11 is 0. The van der Waals surface area contributed by atoms with Crippen LogP contribution in [0.4, 0.5) is 0 Å². The number of aliphatic hydroxyl groups excluding tert-OH is 2. The van der Waals surface area contributed by atoms with Crippen molar-refractivity contribution < 1.29 is 19.7 Å². The number of aliphatic hydroxyl groups is 2. The first-order chi connectivity index (χ1) is 9.21. The lowest BCUT2D eigenvalue weighted by molar-refractivity contribution is -0.126. The summed E-state index contributed by atoms with van der Waals surface area (Å²) in [5.74, 6) is 0.475. The standard InChI is InChI=1S/C14H19NO4/c1-19-13-4-2-3-12(11-13)5-6-14(18)15(7-9-16)8-10-17/h2-6,11,16-17H,7-10H2,1H3. The highest BCUT2D eigenvalue weighted by molar-refractivity contribution is 5.91. The molecule has 0 aliphatic rings. The molecule has 0 heterocycles. The Hall–Kier alpha value is -1.85. The zero-order chi connectivity index (χ0) is 14.1. The summed E-state index contributed by atoms with van der Waals surface area (Å²) < 4.78 is 5.09. The van der Waals surface area contributed by atoms with Crippen LogP contribution in [-0.2, 0) is 4.79 Å². The number of ether oxygens (including phenoxy) is 1. The SMILES string of the molecule is COc1cccc(C=CC(=O)N(CCO)CCO)c1. The Morgan fingerprint density at radius 1 is 1.32 bits per heavy atom. The molecular formula is C14H19NO4. The highest BCUT2D eigenvalue weighted by atomic mass is 16.5. The molecule has 0 spiro atoms. The largest absolute Gasteiger partial charge is 0.497 e. The molecule has 0 saturated heterocycles. The number of methoxy groups -OCH3 is 1. The highest BCUT2D eigenvalue weighted by Crippen LogP contribution is 2.13. The van der Waals surface area contributed by atoms with Crippen LogP contribution >= 0.6 is 0 Å². The Morgan fingerprint density at radius 2 is 2.00 bits per heavy atom. The van der Waals surface area contributed by atoms with E-state index >= 15 is 0 Å². The van der Waals surface area contributed by atoms with Crippen LogP contribution in [0.15, 0.2) is 30.3 Å². The molecule has 0 atom stereocenters. The molecule has 0 aliphatic heterocycles. The maximum absolute atomic E-state index is 11.8. The molecule has 5 nitrogen and oxygen atoms in total. The molecule has 0 aliphatic carbocycles. The molecule has 19 heavy (non-hydrogen) atoms.